The SMILES string of the molecule is CN=C(NCCCOC(C)C)NCc1cccs1.I. The highest BCUT2D eigenvalue weighted by atomic mass is 127. The number of nitrogens with one attached hydrogen (secondary N) is 2. The average Bonchev–Trinajstić information content (AvgIpc) is 2.85. The fraction of sp³-hybridized carbons (Fsp3) is 0.615. The summed E-state index contributed by atoms with van der Waals surface area (Å²) in [4.78, 5) is 5.49. The number of hydrogen-bond acceptors (Lipinski definition) is 3. The predicted molar refractivity (Wildman–Crippen MR) is 93.6 cm³/mol. The van der Waals surface area contributed by atoms with Gasteiger partial charge >= 0.3 is 0 Å². The highest BCUT2D eigenvalue weighted by molar-refractivity contribution is 14.0. The maximum absolute atomic E-state index is 5.48. The number of aliphatic imine (C=N–C) groups is 1. The molecule has 1 rings (SSSR count). The van der Waals surface area contributed by atoms with Crippen LogP contribution in [0.25, 0.3) is 0 Å². The smallest absolute Gasteiger partial charge is 0.191 e. The van der Waals surface area contributed by atoms with E-state index in [1.54, 1.807) is 18.4 Å². The van der Waals surface area contributed by atoms with E-state index in [0.29, 0.717) is 6.10 Å². The Morgan fingerprint density at radius 1 is 1.42 bits per heavy atom. The fourth-order valence-corrected chi connectivity index (χ4v) is 2.05. The molecule has 19 heavy (non-hydrogen) atoms. The monoisotopic (exact) mass is 397 g/mol. The van der Waals surface area contributed by atoms with Gasteiger partial charge in [-0.1, -0.05) is 6.07 Å². The minimum absolute atomic E-state index is 0. The van der Waals surface area contributed by atoms with Crippen LogP contribution in [0.5, 0.6) is 0 Å². The van der Waals surface area contributed by atoms with Crippen LogP contribution in [0.2, 0.25) is 0 Å². The molecule has 0 aliphatic rings. The molecule has 1 aromatic rings. The van der Waals surface area contributed by atoms with Gasteiger partial charge in [0.05, 0.1) is 12.6 Å². The van der Waals surface area contributed by atoms with Gasteiger partial charge in [-0.25, -0.2) is 0 Å². The maximum atomic E-state index is 5.48. The summed E-state index contributed by atoms with van der Waals surface area (Å²) in [5.41, 5.74) is 0. The van der Waals surface area contributed by atoms with Crippen LogP contribution in [0.4, 0.5) is 0 Å². The lowest BCUT2D eigenvalue weighted by atomic mass is 10.4. The molecule has 0 aliphatic carbocycles. The number of halogens is 1. The second-order valence-corrected chi connectivity index (χ2v) is 5.24. The normalized spacial score (nSPS) is 11.3. The molecule has 0 spiro atoms. The van der Waals surface area contributed by atoms with Crippen LogP contribution in [0, 0.1) is 0 Å². The van der Waals surface area contributed by atoms with Crippen molar-refractivity contribution in [1.29, 1.82) is 0 Å². The van der Waals surface area contributed by atoms with Crippen molar-refractivity contribution in [2.75, 3.05) is 20.2 Å². The number of ether oxygens (including phenoxy) is 1. The Morgan fingerprint density at radius 2 is 2.21 bits per heavy atom. The summed E-state index contributed by atoms with van der Waals surface area (Å²) in [5.74, 6) is 0.841. The summed E-state index contributed by atoms with van der Waals surface area (Å²) >= 11 is 1.75. The van der Waals surface area contributed by atoms with Crippen molar-refractivity contribution in [3.63, 3.8) is 0 Å². The van der Waals surface area contributed by atoms with Crippen LogP contribution in [-0.4, -0.2) is 32.3 Å². The zero-order chi connectivity index (χ0) is 13.2. The van der Waals surface area contributed by atoms with E-state index < -0.39 is 0 Å². The van der Waals surface area contributed by atoms with Crippen LogP contribution in [0.15, 0.2) is 22.5 Å². The molecular formula is C13H24IN3OS. The number of hydrogen-bond donors (Lipinski definition) is 2. The minimum Gasteiger partial charge on any atom is -0.379 e. The van der Waals surface area contributed by atoms with Gasteiger partial charge in [0.2, 0.25) is 0 Å². The van der Waals surface area contributed by atoms with Gasteiger partial charge in [-0.15, -0.1) is 35.3 Å². The third-order valence-electron chi connectivity index (χ3n) is 2.30. The Kier molecular flexibility index (Phi) is 11.3. The topological polar surface area (TPSA) is 45.7 Å². The Morgan fingerprint density at radius 3 is 2.79 bits per heavy atom. The molecule has 0 saturated carbocycles. The molecule has 0 amide bonds. The van der Waals surface area contributed by atoms with Gasteiger partial charge in [-0.3, -0.25) is 4.99 Å². The van der Waals surface area contributed by atoms with E-state index in [-0.39, 0.29) is 24.0 Å². The Labute approximate surface area is 137 Å². The molecule has 0 radical (unpaired) electrons. The molecule has 2 N–H and O–H groups in total. The molecule has 0 saturated heterocycles. The number of guanidine groups is 1. The first kappa shape index (κ1) is 18.7. The van der Waals surface area contributed by atoms with Crippen LogP contribution >= 0.6 is 35.3 Å². The molecule has 0 aromatic carbocycles. The van der Waals surface area contributed by atoms with Gasteiger partial charge in [0.25, 0.3) is 0 Å². The summed E-state index contributed by atoms with van der Waals surface area (Å²) in [5, 5.41) is 8.63. The highest BCUT2D eigenvalue weighted by Crippen LogP contribution is 2.06. The van der Waals surface area contributed by atoms with Gasteiger partial charge in [0.1, 0.15) is 0 Å². The molecule has 6 heteroatoms. The van der Waals surface area contributed by atoms with Crippen molar-refractivity contribution in [2.24, 2.45) is 4.99 Å². The predicted octanol–water partition coefficient (Wildman–Crippen LogP) is 2.85. The standard InChI is InChI=1S/C13H23N3OS.HI/c1-11(2)17-8-5-7-15-13(14-3)16-10-12-6-4-9-18-12;/h4,6,9,11H,5,7-8,10H2,1-3H3,(H2,14,15,16);1H. The zero-order valence-electron chi connectivity index (χ0n) is 11.8. The first-order chi connectivity index (χ1) is 8.72. The summed E-state index contributed by atoms with van der Waals surface area (Å²) in [6, 6.07) is 4.17. The highest BCUT2D eigenvalue weighted by Gasteiger charge is 1.99. The summed E-state index contributed by atoms with van der Waals surface area (Å²) in [7, 11) is 1.79. The largest absolute Gasteiger partial charge is 0.379 e. The van der Waals surface area contributed by atoms with Crippen molar-refractivity contribution in [3.8, 4) is 0 Å². The molecule has 0 atom stereocenters. The minimum atomic E-state index is 0. The molecule has 0 aliphatic heterocycles. The van der Waals surface area contributed by atoms with Crippen LogP contribution in [-0.2, 0) is 11.3 Å². The van der Waals surface area contributed by atoms with Crippen molar-refractivity contribution >= 4 is 41.3 Å². The molecule has 1 aromatic heterocycles. The van der Waals surface area contributed by atoms with Gasteiger partial charge in [-0.2, -0.15) is 0 Å². The molecule has 0 bridgehead atoms. The molecule has 110 valence electrons. The van der Waals surface area contributed by atoms with Gasteiger partial charge in [0.15, 0.2) is 5.96 Å². The van der Waals surface area contributed by atoms with Crippen LogP contribution in [0.1, 0.15) is 25.1 Å². The van der Waals surface area contributed by atoms with Crippen molar-refractivity contribution in [2.45, 2.75) is 32.9 Å². The quantitative estimate of drug-likeness (QED) is 0.322. The number of thiophene rings is 1. The van der Waals surface area contributed by atoms with E-state index >= 15 is 0 Å². The van der Waals surface area contributed by atoms with E-state index in [2.05, 4.69) is 47.0 Å². The second-order valence-electron chi connectivity index (χ2n) is 4.21. The lowest BCUT2D eigenvalue weighted by Gasteiger charge is -2.12. The lowest BCUT2D eigenvalue weighted by Crippen LogP contribution is -2.37. The van der Waals surface area contributed by atoms with Crippen LogP contribution < -0.4 is 10.6 Å². The van der Waals surface area contributed by atoms with Crippen molar-refractivity contribution < 1.29 is 4.74 Å². The molecular weight excluding hydrogens is 373 g/mol. The van der Waals surface area contributed by atoms with E-state index in [4.69, 9.17) is 4.74 Å². The molecule has 4 nitrogen and oxygen atoms in total. The van der Waals surface area contributed by atoms with Crippen LogP contribution in [0.3, 0.4) is 0 Å². The second kappa shape index (κ2) is 11.5. The molecule has 1 heterocycles. The number of rotatable bonds is 7. The first-order valence-electron chi connectivity index (χ1n) is 6.31. The summed E-state index contributed by atoms with van der Waals surface area (Å²) < 4.78 is 5.48. The molecule has 0 unspecified atom stereocenters. The Hall–Kier alpha value is -0.340. The number of nitrogens with zero attached hydrogens (tertiary/aromatic N) is 1. The van der Waals surface area contributed by atoms with E-state index in [0.717, 1.165) is 32.1 Å². The Balaban J connectivity index is 0.00000324. The average molecular weight is 397 g/mol. The third-order valence-corrected chi connectivity index (χ3v) is 3.17. The van der Waals surface area contributed by atoms with Gasteiger partial charge < -0.3 is 15.4 Å². The van der Waals surface area contributed by atoms with Crippen molar-refractivity contribution in [3.05, 3.63) is 22.4 Å². The summed E-state index contributed by atoms with van der Waals surface area (Å²) in [6.07, 6.45) is 1.29. The Bertz CT molecular complexity index is 342. The summed E-state index contributed by atoms with van der Waals surface area (Å²) in [6.45, 7) is 6.58. The van der Waals surface area contributed by atoms with Gasteiger partial charge in [-0.05, 0) is 31.7 Å². The van der Waals surface area contributed by atoms with E-state index in [9.17, 15) is 0 Å². The van der Waals surface area contributed by atoms with E-state index in [1.807, 2.05) is 0 Å². The first-order valence-corrected chi connectivity index (χ1v) is 7.19. The lowest BCUT2D eigenvalue weighted by molar-refractivity contribution is 0.0776. The van der Waals surface area contributed by atoms with E-state index in [1.165, 1.54) is 4.88 Å². The van der Waals surface area contributed by atoms with Crippen molar-refractivity contribution in [1.82, 2.24) is 10.6 Å². The van der Waals surface area contributed by atoms with Gasteiger partial charge in [0, 0.05) is 25.1 Å². The zero-order valence-corrected chi connectivity index (χ0v) is 15.0. The molecule has 0 fully saturated rings. The maximum Gasteiger partial charge on any atom is 0.191 e. The fourth-order valence-electron chi connectivity index (χ4n) is 1.40. The third kappa shape index (κ3) is 9.23.